The topological polar surface area (TPSA) is 29.5 Å². The molecule has 1 unspecified atom stereocenters. The maximum atomic E-state index is 10.6. The number of aliphatic hydroxyl groups excluding tert-OH is 1. The Morgan fingerprint density at radius 2 is 1.75 bits per heavy atom. The second-order valence-corrected chi connectivity index (χ2v) is 6.22. The molecule has 2 saturated carbocycles. The van der Waals surface area contributed by atoms with E-state index in [0.29, 0.717) is 23.9 Å². The maximum absolute atomic E-state index is 10.6. The molecule has 16 heavy (non-hydrogen) atoms. The molecule has 3 rings (SSSR count). The van der Waals surface area contributed by atoms with Crippen molar-refractivity contribution in [1.82, 2.24) is 0 Å². The molecule has 2 nitrogen and oxygen atoms in total. The van der Waals surface area contributed by atoms with E-state index in [2.05, 4.69) is 13.8 Å². The highest BCUT2D eigenvalue weighted by Crippen LogP contribution is 2.51. The molecule has 2 heteroatoms. The summed E-state index contributed by atoms with van der Waals surface area (Å²) in [6.07, 6.45) is 7.11. The van der Waals surface area contributed by atoms with Gasteiger partial charge in [0.25, 0.3) is 0 Å². The minimum Gasteiger partial charge on any atom is -0.392 e. The highest BCUT2D eigenvalue weighted by atomic mass is 16.5. The zero-order chi connectivity index (χ0) is 11.3. The van der Waals surface area contributed by atoms with Crippen molar-refractivity contribution in [2.75, 3.05) is 0 Å². The minimum atomic E-state index is -0.0935. The van der Waals surface area contributed by atoms with Crippen molar-refractivity contribution in [2.24, 2.45) is 23.7 Å². The Morgan fingerprint density at radius 1 is 1.00 bits per heavy atom. The first-order valence-electron chi connectivity index (χ1n) is 7.02. The van der Waals surface area contributed by atoms with Gasteiger partial charge < -0.3 is 9.84 Å². The molecule has 3 fully saturated rings. The van der Waals surface area contributed by atoms with Gasteiger partial charge in [-0.25, -0.2) is 0 Å². The standard InChI is InChI=1S/C14H24O2/c1-8-12-7-10-5-3-4-6-11(10)14(15)13(12)9(2)16-8/h8-15H,3-7H2,1-2H3/t8-,9+,10?,11+,12-,13+,14-/m1/s1. The number of hydrogen-bond donors (Lipinski definition) is 1. The Morgan fingerprint density at radius 3 is 2.56 bits per heavy atom. The Labute approximate surface area is 98.4 Å². The second kappa shape index (κ2) is 3.99. The molecule has 3 aliphatic rings. The first-order chi connectivity index (χ1) is 7.68. The molecule has 0 bridgehead atoms. The van der Waals surface area contributed by atoms with Gasteiger partial charge in [0.1, 0.15) is 0 Å². The Balaban J connectivity index is 1.83. The third kappa shape index (κ3) is 1.53. The van der Waals surface area contributed by atoms with Crippen molar-refractivity contribution in [1.29, 1.82) is 0 Å². The van der Waals surface area contributed by atoms with Gasteiger partial charge in [-0.15, -0.1) is 0 Å². The van der Waals surface area contributed by atoms with Crippen molar-refractivity contribution in [3.8, 4) is 0 Å². The van der Waals surface area contributed by atoms with Gasteiger partial charge >= 0.3 is 0 Å². The van der Waals surface area contributed by atoms with Crippen molar-refractivity contribution in [2.45, 2.75) is 64.3 Å². The van der Waals surface area contributed by atoms with E-state index in [0.717, 1.165) is 5.92 Å². The normalized spacial score (nSPS) is 56.8. The number of aliphatic hydroxyl groups is 1. The lowest BCUT2D eigenvalue weighted by atomic mass is 9.60. The summed E-state index contributed by atoms with van der Waals surface area (Å²) in [4.78, 5) is 0. The molecule has 0 aromatic rings. The van der Waals surface area contributed by atoms with E-state index in [1.807, 2.05) is 0 Å². The van der Waals surface area contributed by atoms with Crippen LogP contribution >= 0.6 is 0 Å². The predicted molar refractivity (Wildman–Crippen MR) is 63.1 cm³/mol. The number of fused-ring (bicyclic) bond motifs is 2. The number of hydrogen-bond acceptors (Lipinski definition) is 2. The molecule has 0 aromatic heterocycles. The zero-order valence-corrected chi connectivity index (χ0v) is 10.4. The van der Waals surface area contributed by atoms with Crippen LogP contribution < -0.4 is 0 Å². The highest BCUT2D eigenvalue weighted by Gasteiger charge is 2.52. The van der Waals surface area contributed by atoms with Gasteiger partial charge in [0.2, 0.25) is 0 Å². The van der Waals surface area contributed by atoms with Gasteiger partial charge in [-0.2, -0.15) is 0 Å². The third-order valence-corrected chi connectivity index (χ3v) is 5.44. The van der Waals surface area contributed by atoms with Crippen molar-refractivity contribution >= 4 is 0 Å². The molecule has 0 radical (unpaired) electrons. The van der Waals surface area contributed by atoms with Gasteiger partial charge in [0.05, 0.1) is 18.3 Å². The van der Waals surface area contributed by atoms with Crippen LogP contribution in [0.1, 0.15) is 46.0 Å². The molecule has 1 saturated heterocycles. The second-order valence-electron chi connectivity index (χ2n) is 6.22. The summed E-state index contributed by atoms with van der Waals surface area (Å²) in [5.41, 5.74) is 0. The van der Waals surface area contributed by atoms with Crippen molar-refractivity contribution in [3.63, 3.8) is 0 Å². The van der Waals surface area contributed by atoms with E-state index in [4.69, 9.17) is 4.74 Å². The van der Waals surface area contributed by atoms with E-state index in [1.54, 1.807) is 0 Å². The molecule has 2 aliphatic carbocycles. The molecular formula is C14H24O2. The fourth-order valence-corrected chi connectivity index (χ4v) is 4.68. The molecule has 1 aliphatic heterocycles. The van der Waals surface area contributed by atoms with Crippen LogP contribution in [0.2, 0.25) is 0 Å². The molecular weight excluding hydrogens is 200 g/mol. The van der Waals surface area contributed by atoms with Gasteiger partial charge in [-0.1, -0.05) is 19.3 Å². The van der Waals surface area contributed by atoms with E-state index in [1.165, 1.54) is 32.1 Å². The third-order valence-electron chi connectivity index (χ3n) is 5.44. The van der Waals surface area contributed by atoms with E-state index < -0.39 is 0 Å². The van der Waals surface area contributed by atoms with Crippen LogP contribution in [-0.2, 0) is 4.74 Å². The summed E-state index contributed by atoms with van der Waals surface area (Å²) < 4.78 is 5.92. The number of rotatable bonds is 0. The van der Waals surface area contributed by atoms with Crippen LogP contribution in [0.3, 0.4) is 0 Å². The first-order valence-corrected chi connectivity index (χ1v) is 7.02. The van der Waals surface area contributed by atoms with Crippen molar-refractivity contribution in [3.05, 3.63) is 0 Å². The average Bonchev–Trinajstić information content (AvgIpc) is 2.55. The van der Waals surface area contributed by atoms with E-state index >= 15 is 0 Å². The van der Waals surface area contributed by atoms with Gasteiger partial charge in [0, 0.05) is 5.92 Å². The van der Waals surface area contributed by atoms with Crippen LogP contribution in [0.15, 0.2) is 0 Å². The quantitative estimate of drug-likeness (QED) is 0.685. The Hall–Kier alpha value is -0.0800. The lowest BCUT2D eigenvalue weighted by Gasteiger charge is -2.45. The van der Waals surface area contributed by atoms with Crippen molar-refractivity contribution < 1.29 is 9.84 Å². The first kappa shape index (κ1) is 11.0. The average molecular weight is 224 g/mol. The number of ether oxygens (including phenoxy) is 1. The van der Waals surface area contributed by atoms with E-state index in [-0.39, 0.29) is 12.2 Å². The van der Waals surface area contributed by atoms with Crippen LogP contribution in [0.5, 0.6) is 0 Å². The largest absolute Gasteiger partial charge is 0.392 e. The minimum absolute atomic E-state index is 0.0935. The lowest BCUT2D eigenvalue weighted by molar-refractivity contribution is -0.0597. The van der Waals surface area contributed by atoms with E-state index in [9.17, 15) is 5.11 Å². The summed E-state index contributed by atoms with van der Waals surface area (Å²) >= 11 is 0. The fraction of sp³-hybridized carbons (Fsp3) is 1.00. The van der Waals surface area contributed by atoms with Crippen LogP contribution in [0, 0.1) is 23.7 Å². The Bertz CT molecular complexity index is 265. The smallest absolute Gasteiger partial charge is 0.0627 e. The maximum Gasteiger partial charge on any atom is 0.0627 e. The summed E-state index contributed by atoms with van der Waals surface area (Å²) in [5.74, 6) is 2.38. The predicted octanol–water partition coefficient (Wildman–Crippen LogP) is 2.60. The molecule has 7 atom stereocenters. The lowest BCUT2D eigenvalue weighted by Crippen LogP contribution is -2.47. The molecule has 92 valence electrons. The Kier molecular flexibility index (Phi) is 2.75. The SMILES string of the molecule is C[C@@H]1O[C@H](C)[C@H]2CC3CCCC[C@@H]3[C@@H](O)[C@H]21. The fourth-order valence-electron chi connectivity index (χ4n) is 4.68. The van der Waals surface area contributed by atoms with Gasteiger partial charge in [-0.05, 0) is 44.4 Å². The molecule has 0 amide bonds. The van der Waals surface area contributed by atoms with Crippen LogP contribution in [-0.4, -0.2) is 23.4 Å². The highest BCUT2D eigenvalue weighted by molar-refractivity contribution is 5.00. The van der Waals surface area contributed by atoms with Crippen LogP contribution in [0.25, 0.3) is 0 Å². The summed E-state index contributed by atoms with van der Waals surface area (Å²) in [6.45, 7) is 4.34. The van der Waals surface area contributed by atoms with Crippen LogP contribution in [0.4, 0.5) is 0 Å². The molecule has 0 aromatic carbocycles. The summed E-state index contributed by atoms with van der Waals surface area (Å²) in [5, 5.41) is 10.6. The summed E-state index contributed by atoms with van der Waals surface area (Å²) in [7, 11) is 0. The summed E-state index contributed by atoms with van der Waals surface area (Å²) in [6, 6.07) is 0. The monoisotopic (exact) mass is 224 g/mol. The molecule has 1 heterocycles. The molecule has 1 N–H and O–H groups in total. The van der Waals surface area contributed by atoms with Gasteiger partial charge in [0.15, 0.2) is 0 Å². The molecule has 0 spiro atoms. The zero-order valence-electron chi connectivity index (χ0n) is 10.4. The van der Waals surface area contributed by atoms with Gasteiger partial charge in [-0.3, -0.25) is 0 Å².